The van der Waals surface area contributed by atoms with Gasteiger partial charge in [0, 0.05) is 11.4 Å². The van der Waals surface area contributed by atoms with Crippen LogP contribution in [0.15, 0.2) is 54.9 Å². The third-order valence-electron chi connectivity index (χ3n) is 4.06. The average Bonchev–Trinajstić information content (AvgIpc) is 2.75. The molecule has 3 N–H and O–H groups in total. The maximum atomic E-state index is 11.7. The number of aromatic nitrogens is 2. The summed E-state index contributed by atoms with van der Waals surface area (Å²) in [6, 6.07) is 11.8. The third kappa shape index (κ3) is 5.09. The molecule has 0 aliphatic rings. The Kier molecular flexibility index (Phi) is 6.36. The fraction of sp³-hybridized carbons (Fsp3) is 0.100. The molecule has 0 aliphatic heterocycles. The molecule has 1 aromatic heterocycles. The molecule has 2 aromatic carbocycles. The van der Waals surface area contributed by atoms with Gasteiger partial charge in [0.05, 0.1) is 22.7 Å². The fourth-order valence-corrected chi connectivity index (χ4v) is 2.61. The summed E-state index contributed by atoms with van der Waals surface area (Å²) < 4.78 is 4.92. The Balaban J connectivity index is 1.85. The van der Waals surface area contributed by atoms with Crippen LogP contribution in [-0.4, -0.2) is 38.5 Å². The Morgan fingerprint density at radius 3 is 1.87 bits per heavy atom. The number of nitrogens with zero attached hydrogens (tertiary/aromatic N) is 3. The van der Waals surface area contributed by atoms with Gasteiger partial charge in [-0.3, -0.25) is 10.1 Å². The van der Waals surface area contributed by atoms with E-state index in [0.29, 0.717) is 16.9 Å². The number of carbonyl (C=O) groups is 2. The van der Waals surface area contributed by atoms with E-state index in [1.165, 1.54) is 36.4 Å². The number of nitrogens with one attached hydrogen (secondary N) is 2. The second kappa shape index (κ2) is 9.31. The van der Waals surface area contributed by atoms with Crippen molar-refractivity contribution >= 4 is 40.6 Å². The molecule has 0 amide bonds. The molecular formula is C20H17N5O6. The number of carbonyl (C=O) groups excluding carboxylic acids is 1. The Morgan fingerprint density at radius 1 is 0.968 bits per heavy atom. The van der Waals surface area contributed by atoms with Crippen LogP contribution in [-0.2, 0) is 4.74 Å². The number of nitro groups is 1. The van der Waals surface area contributed by atoms with Crippen LogP contribution in [0.3, 0.4) is 0 Å². The van der Waals surface area contributed by atoms with Crippen molar-refractivity contribution in [1.82, 2.24) is 9.97 Å². The molecule has 3 rings (SSSR count). The van der Waals surface area contributed by atoms with Crippen molar-refractivity contribution in [2.45, 2.75) is 6.92 Å². The zero-order chi connectivity index (χ0) is 22.4. The maximum Gasteiger partial charge on any atom is 0.353 e. The number of aromatic carboxylic acids is 1. The first kappa shape index (κ1) is 21.2. The smallest absolute Gasteiger partial charge is 0.353 e. The molecule has 0 bridgehead atoms. The lowest BCUT2D eigenvalue weighted by atomic mass is 10.2. The van der Waals surface area contributed by atoms with Crippen LogP contribution in [0.1, 0.15) is 27.6 Å². The highest BCUT2D eigenvalue weighted by Gasteiger charge is 2.23. The highest BCUT2D eigenvalue weighted by Crippen LogP contribution is 2.33. The van der Waals surface area contributed by atoms with Crippen molar-refractivity contribution < 1.29 is 24.4 Å². The first-order valence-corrected chi connectivity index (χ1v) is 9.03. The van der Waals surface area contributed by atoms with E-state index in [1.54, 1.807) is 19.1 Å². The number of esters is 1. The minimum absolute atomic E-state index is 0.0615. The Labute approximate surface area is 175 Å². The molecule has 0 saturated heterocycles. The van der Waals surface area contributed by atoms with E-state index in [1.807, 2.05) is 0 Å². The maximum absolute atomic E-state index is 11.7. The topological polar surface area (TPSA) is 157 Å². The molecule has 158 valence electrons. The predicted molar refractivity (Wildman–Crippen MR) is 111 cm³/mol. The molecule has 31 heavy (non-hydrogen) atoms. The van der Waals surface area contributed by atoms with Crippen LogP contribution >= 0.6 is 0 Å². The zero-order valence-corrected chi connectivity index (χ0v) is 16.2. The Hall–Kier alpha value is -4.54. The third-order valence-corrected chi connectivity index (χ3v) is 4.06. The molecular weight excluding hydrogens is 406 g/mol. The molecule has 3 aromatic rings. The van der Waals surface area contributed by atoms with E-state index in [9.17, 15) is 19.7 Å². The molecule has 11 nitrogen and oxygen atoms in total. The summed E-state index contributed by atoms with van der Waals surface area (Å²) in [5.74, 6) is -1.69. The summed E-state index contributed by atoms with van der Waals surface area (Å²) in [6.45, 7) is 1.95. The van der Waals surface area contributed by atoms with Gasteiger partial charge in [-0.05, 0) is 55.5 Å². The summed E-state index contributed by atoms with van der Waals surface area (Å²) in [7, 11) is 0. The van der Waals surface area contributed by atoms with Crippen molar-refractivity contribution in [3.05, 3.63) is 76.1 Å². The van der Waals surface area contributed by atoms with Crippen LogP contribution in [0.2, 0.25) is 0 Å². The quantitative estimate of drug-likeness (QED) is 0.277. The van der Waals surface area contributed by atoms with E-state index in [-0.39, 0.29) is 23.8 Å². The van der Waals surface area contributed by atoms with Gasteiger partial charge in [0.25, 0.3) is 0 Å². The lowest BCUT2D eigenvalue weighted by Gasteiger charge is -2.10. The van der Waals surface area contributed by atoms with Gasteiger partial charge in [-0.25, -0.2) is 19.6 Å². The number of carboxylic acids is 1. The summed E-state index contributed by atoms with van der Waals surface area (Å²) in [5.41, 5.74) is 0.899. The molecule has 11 heteroatoms. The summed E-state index contributed by atoms with van der Waals surface area (Å²) in [5, 5.41) is 26.3. The van der Waals surface area contributed by atoms with Gasteiger partial charge in [0.15, 0.2) is 0 Å². The minimum Gasteiger partial charge on any atom is -0.478 e. The number of hydrogen-bond acceptors (Lipinski definition) is 9. The van der Waals surface area contributed by atoms with Crippen molar-refractivity contribution in [3.63, 3.8) is 0 Å². The number of hydrogen-bond donors (Lipinski definition) is 3. The minimum atomic E-state index is -1.08. The lowest BCUT2D eigenvalue weighted by molar-refractivity contribution is -0.383. The lowest BCUT2D eigenvalue weighted by Crippen LogP contribution is -2.06. The Bertz CT molecular complexity index is 1120. The Morgan fingerprint density at radius 2 is 1.45 bits per heavy atom. The van der Waals surface area contributed by atoms with Gasteiger partial charge >= 0.3 is 17.6 Å². The van der Waals surface area contributed by atoms with Crippen LogP contribution in [0.25, 0.3) is 0 Å². The molecule has 0 saturated carbocycles. The number of anilines is 4. The summed E-state index contributed by atoms with van der Waals surface area (Å²) in [4.78, 5) is 41.6. The van der Waals surface area contributed by atoms with E-state index in [2.05, 4.69) is 20.6 Å². The van der Waals surface area contributed by atoms with Crippen LogP contribution in [0, 0.1) is 10.1 Å². The van der Waals surface area contributed by atoms with E-state index < -0.39 is 22.5 Å². The van der Waals surface area contributed by atoms with E-state index in [4.69, 9.17) is 9.84 Å². The molecule has 0 fully saturated rings. The molecule has 0 unspecified atom stereocenters. The normalized spacial score (nSPS) is 10.2. The van der Waals surface area contributed by atoms with Crippen LogP contribution in [0.4, 0.5) is 28.7 Å². The van der Waals surface area contributed by atoms with Gasteiger partial charge in [-0.15, -0.1) is 0 Å². The number of rotatable bonds is 8. The van der Waals surface area contributed by atoms with Crippen molar-refractivity contribution in [3.8, 4) is 0 Å². The first-order chi connectivity index (χ1) is 14.9. The molecule has 1 heterocycles. The number of benzene rings is 2. The standard InChI is InChI=1S/C20H17N5O6/c1-2-31-20(28)13-5-9-15(10-6-13)24-18-16(25(29)30)17(21-11-22-18)23-14-7-3-12(4-8-14)19(26)27/h3-11H,2H2,1H3,(H,26,27)(H2,21,22,23,24). The highest BCUT2D eigenvalue weighted by atomic mass is 16.6. The summed E-state index contributed by atoms with van der Waals surface area (Å²) >= 11 is 0. The van der Waals surface area contributed by atoms with E-state index >= 15 is 0 Å². The van der Waals surface area contributed by atoms with Gasteiger partial charge in [-0.1, -0.05) is 0 Å². The van der Waals surface area contributed by atoms with Gasteiger partial charge < -0.3 is 20.5 Å². The second-order valence-corrected chi connectivity index (χ2v) is 6.11. The zero-order valence-electron chi connectivity index (χ0n) is 16.2. The van der Waals surface area contributed by atoms with Crippen LogP contribution in [0.5, 0.6) is 0 Å². The van der Waals surface area contributed by atoms with Crippen molar-refractivity contribution in [2.75, 3.05) is 17.2 Å². The molecule has 0 aliphatic carbocycles. The van der Waals surface area contributed by atoms with E-state index in [0.717, 1.165) is 6.33 Å². The second-order valence-electron chi connectivity index (χ2n) is 6.11. The predicted octanol–water partition coefficient (Wildman–Crippen LogP) is 3.75. The fourth-order valence-electron chi connectivity index (χ4n) is 2.61. The van der Waals surface area contributed by atoms with Gasteiger partial charge in [0.2, 0.25) is 11.6 Å². The van der Waals surface area contributed by atoms with Crippen molar-refractivity contribution in [1.29, 1.82) is 0 Å². The number of carboxylic acid groups (broad SMARTS) is 1. The molecule has 0 atom stereocenters. The van der Waals surface area contributed by atoms with Gasteiger partial charge in [0.1, 0.15) is 6.33 Å². The average molecular weight is 423 g/mol. The number of ether oxygens (including phenoxy) is 1. The summed E-state index contributed by atoms with van der Waals surface area (Å²) in [6.07, 6.45) is 1.15. The first-order valence-electron chi connectivity index (χ1n) is 9.03. The van der Waals surface area contributed by atoms with Gasteiger partial charge in [-0.2, -0.15) is 0 Å². The SMILES string of the molecule is CCOC(=O)c1ccc(Nc2ncnc(Nc3ccc(C(=O)O)cc3)c2[N+](=O)[O-])cc1. The monoisotopic (exact) mass is 423 g/mol. The van der Waals surface area contributed by atoms with Crippen LogP contribution < -0.4 is 10.6 Å². The largest absolute Gasteiger partial charge is 0.478 e. The molecule has 0 spiro atoms. The molecule has 0 radical (unpaired) electrons. The van der Waals surface area contributed by atoms with Crippen molar-refractivity contribution in [2.24, 2.45) is 0 Å². The highest BCUT2D eigenvalue weighted by molar-refractivity contribution is 5.90.